The minimum Gasteiger partial charge on any atom is -0.298 e. The summed E-state index contributed by atoms with van der Waals surface area (Å²) in [7, 11) is 0. The highest BCUT2D eigenvalue weighted by atomic mass is 15.3. The summed E-state index contributed by atoms with van der Waals surface area (Å²) in [4.78, 5) is 7.78. The zero-order valence-electron chi connectivity index (χ0n) is 35.9. The van der Waals surface area contributed by atoms with Crippen molar-refractivity contribution in [3.8, 4) is 0 Å². The molecule has 0 saturated carbocycles. The van der Waals surface area contributed by atoms with E-state index >= 15 is 0 Å². The summed E-state index contributed by atoms with van der Waals surface area (Å²) in [5, 5.41) is 0. The Balaban J connectivity index is 0. The first-order chi connectivity index (χ1) is 20.6. The van der Waals surface area contributed by atoms with Gasteiger partial charge in [0.1, 0.15) is 0 Å². The van der Waals surface area contributed by atoms with Crippen molar-refractivity contribution in [2.75, 3.05) is 39.3 Å². The Labute approximate surface area is 292 Å². The van der Waals surface area contributed by atoms with Crippen LogP contribution in [-0.2, 0) is 10.8 Å². The maximum Gasteiger partial charge on any atom is 0.0126 e. The molecule has 0 aliphatic carbocycles. The number of nitrogens with zero attached hydrogens (tertiary/aromatic N) is 3. The number of piperidine rings is 1. The zero-order valence-corrected chi connectivity index (χ0v) is 35.9. The van der Waals surface area contributed by atoms with E-state index in [4.69, 9.17) is 0 Å². The normalized spacial score (nSPS) is 18.0. The number of piperazine rings is 1. The summed E-state index contributed by atoms with van der Waals surface area (Å²) < 4.78 is 0. The topological polar surface area (TPSA) is 9.72 Å². The monoisotopic (exact) mass is 646 g/mol. The largest absolute Gasteiger partial charge is 0.298 e. The van der Waals surface area contributed by atoms with E-state index in [9.17, 15) is 0 Å². The molecule has 0 N–H and O–H groups in total. The molecule has 274 valence electrons. The number of hydrogen-bond acceptors (Lipinski definition) is 3. The first kappa shape index (κ1) is 47.2. The molecule has 1 aromatic rings. The molecule has 0 aromatic heterocycles. The van der Waals surface area contributed by atoms with E-state index in [0.29, 0.717) is 22.0 Å². The van der Waals surface area contributed by atoms with E-state index < -0.39 is 0 Å². The maximum atomic E-state index is 2.62. The van der Waals surface area contributed by atoms with Gasteiger partial charge < -0.3 is 0 Å². The molecule has 2 heterocycles. The van der Waals surface area contributed by atoms with Crippen molar-refractivity contribution < 1.29 is 0 Å². The highest BCUT2D eigenvalue weighted by molar-refractivity contribution is 5.30. The predicted octanol–water partition coefficient (Wildman–Crippen LogP) is 12.1. The molecule has 2 fully saturated rings. The molecule has 3 nitrogen and oxygen atoms in total. The first-order valence-electron chi connectivity index (χ1n) is 19.0. The van der Waals surface area contributed by atoms with Crippen molar-refractivity contribution >= 4 is 0 Å². The van der Waals surface area contributed by atoms with Crippen LogP contribution in [-0.4, -0.2) is 70.6 Å². The summed E-state index contributed by atoms with van der Waals surface area (Å²) in [5.74, 6) is 0.918. The highest BCUT2D eigenvalue weighted by Gasteiger charge is 2.32. The van der Waals surface area contributed by atoms with Crippen LogP contribution in [0.1, 0.15) is 176 Å². The Morgan fingerprint density at radius 1 is 0.391 bits per heavy atom. The third kappa shape index (κ3) is 18.0. The molecule has 0 radical (unpaired) electrons. The van der Waals surface area contributed by atoms with E-state index in [0.717, 1.165) is 5.92 Å². The quantitative estimate of drug-likeness (QED) is 0.278. The fourth-order valence-corrected chi connectivity index (χ4v) is 5.93. The van der Waals surface area contributed by atoms with Crippen LogP contribution < -0.4 is 0 Å². The van der Waals surface area contributed by atoms with Gasteiger partial charge in [-0.2, -0.15) is 0 Å². The standard InChI is InChI=1S/C14H22.C13H27N.C12H26N2.2C2H6/c1-13(2,3)11-7-9-12(10-8-11)14(4,5)6;1-12(2,3)11-7-9-14(10-8-11)13(4,5)6;1-11(2,3)13-7-9-14(10-8-13)12(4,5)6;2*1-2/h7-10H,1-6H3;11H,7-10H2,1-6H3;7-10H2,1-6H3;2*1-2H3. The van der Waals surface area contributed by atoms with Crippen LogP contribution in [0.3, 0.4) is 0 Å². The average Bonchev–Trinajstić information content (AvgIpc) is 2.93. The van der Waals surface area contributed by atoms with Gasteiger partial charge in [-0.05, 0) is 122 Å². The van der Waals surface area contributed by atoms with Gasteiger partial charge >= 0.3 is 0 Å². The van der Waals surface area contributed by atoms with Crippen molar-refractivity contribution in [1.29, 1.82) is 0 Å². The van der Waals surface area contributed by atoms with Gasteiger partial charge in [-0.25, -0.2) is 0 Å². The third-order valence-corrected chi connectivity index (χ3v) is 9.46. The summed E-state index contributed by atoms with van der Waals surface area (Å²) in [6.45, 7) is 56.8. The molecule has 46 heavy (non-hydrogen) atoms. The van der Waals surface area contributed by atoms with Crippen molar-refractivity contribution in [3.05, 3.63) is 35.4 Å². The lowest BCUT2D eigenvalue weighted by Gasteiger charge is -2.46. The Bertz CT molecular complexity index is 765. The van der Waals surface area contributed by atoms with Crippen LogP contribution >= 0.6 is 0 Å². The Kier molecular flexibility index (Phi) is 19.8. The van der Waals surface area contributed by atoms with Crippen molar-refractivity contribution in [2.45, 2.75) is 193 Å². The molecule has 2 saturated heterocycles. The maximum absolute atomic E-state index is 2.62. The van der Waals surface area contributed by atoms with Crippen molar-refractivity contribution in [1.82, 2.24) is 14.7 Å². The second-order valence-electron chi connectivity index (χ2n) is 19.2. The van der Waals surface area contributed by atoms with Gasteiger partial charge in [-0.3, -0.25) is 14.7 Å². The summed E-state index contributed by atoms with van der Waals surface area (Å²) in [5.41, 5.74) is 4.88. The molecule has 0 atom stereocenters. The molecular weight excluding hydrogens is 558 g/mol. The smallest absolute Gasteiger partial charge is 0.0126 e. The third-order valence-electron chi connectivity index (χ3n) is 9.46. The SMILES string of the molecule is CC.CC.CC(C)(C)C1CCN(C(C)(C)C)CC1.CC(C)(C)N1CCN(C(C)(C)C)CC1.CC(C)(C)c1ccc(C(C)(C)C)cc1. The van der Waals surface area contributed by atoms with Crippen molar-refractivity contribution in [3.63, 3.8) is 0 Å². The Morgan fingerprint density at radius 2 is 0.609 bits per heavy atom. The van der Waals surface area contributed by atoms with Gasteiger partial charge in [0, 0.05) is 42.8 Å². The van der Waals surface area contributed by atoms with E-state index in [1.807, 2.05) is 27.7 Å². The Morgan fingerprint density at radius 3 is 0.783 bits per heavy atom. The summed E-state index contributed by atoms with van der Waals surface area (Å²) in [6, 6.07) is 9.00. The molecular formula is C43H87N3. The van der Waals surface area contributed by atoms with E-state index in [-0.39, 0.29) is 10.8 Å². The lowest BCUT2D eigenvalue weighted by Crippen LogP contribution is -2.57. The van der Waals surface area contributed by atoms with Crippen LogP contribution in [0, 0.1) is 11.3 Å². The molecule has 0 spiro atoms. The molecule has 2 aliphatic heterocycles. The van der Waals surface area contributed by atoms with E-state index in [2.05, 4.69) is 164 Å². The summed E-state index contributed by atoms with van der Waals surface area (Å²) >= 11 is 0. The fourth-order valence-electron chi connectivity index (χ4n) is 5.93. The van der Waals surface area contributed by atoms with Gasteiger partial charge in [0.05, 0.1) is 0 Å². The van der Waals surface area contributed by atoms with Crippen LogP contribution in [0.4, 0.5) is 0 Å². The second kappa shape index (κ2) is 19.3. The van der Waals surface area contributed by atoms with E-state index in [1.165, 1.54) is 63.2 Å². The van der Waals surface area contributed by atoms with Gasteiger partial charge in [-0.15, -0.1) is 0 Å². The lowest BCUT2D eigenvalue weighted by atomic mass is 9.75. The molecule has 3 rings (SSSR count). The molecule has 3 heteroatoms. The fraction of sp³-hybridized carbons (Fsp3) is 0.860. The van der Waals surface area contributed by atoms with Gasteiger partial charge in [0.2, 0.25) is 0 Å². The van der Waals surface area contributed by atoms with Crippen LogP contribution in [0.2, 0.25) is 0 Å². The van der Waals surface area contributed by atoms with Crippen molar-refractivity contribution in [2.24, 2.45) is 11.3 Å². The minimum atomic E-state index is 0.260. The van der Waals surface area contributed by atoms with Gasteiger partial charge in [-0.1, -0.05) is 114 Å². The minimum absolute atomic E-state index is 0.260. The zero-order chi connectivity index (χ0) is 36.9. The molecule has 0 amide bonds. The van der Waals surface area contributed by atoms with Gasteiger partial charge in [0.15, 0.2) is 0 Å². The lowest BCUT2D eigenvalue weighted by molar-refractivity contribution is 0.0211. The number of benzene rings is 1. The Hall–Kier alpha value is -0.900. The van der Waals surface area contributed by atoms with Crippen LogP contribution in [0.15, 0.2) is 24.3 Å². The summed E-state index contributed by atoms with van der Waals surface area (Å²) in [6.07, 6.45) is 2.75. The van der Waals surface area contributed by atoms with Crippen LogP contribution in [0.25, 0.3) is 0 Å². The highest BCUT2D eigenvalue weighted by Crippen LogP contribution is 2.36. The average molecular weight is 646 g/mol. The molecule has 2 aliphatic rings. The molecule has 0 bridgehead atoms. The number of likely N-dealkylation sites (tertiary alicyclic amines) is 1. The van der Waals surface area contributed by atoms with E-state index in [1.54, 1.807) is 0 Å². The van der Waals surface area contributed by atoms with Gasteiger partial charge in [0.25, 0.3) is 0 Å². The van der Waals surface area contributed by atoms with Crippen LogP contribution in [0.5, 0.6) is 0 Å². The second-order valence-corrected chi connectivity index (χ2v) is 19.2. The predicted molar refractivity (Wildman–Crippen MR) is 213 cm³/mol. The number of rotatable bonds is 0. The first-order valence-corrected chi connectivity index (χ1v) is 19.0. The molecule has 0 unspecified atom stereocenters. The number of hydrogen-bond donors (Lipinski definition) is 0. The molecule has 1 aromatic carbocycles.